The maximum atomic E-state index is 12.8. The van der Waals surface area contributed by atoms with Crippen LogP contribution < -0.4 is 9.47 Å². The number of Topliss-reactive ketones (excluding diaryl/α,β-unsaturated/α-hetero) is 1. The quantitative estimate of drug-likeness (QED) is 0.836. The highest BCUT2D eigenvalue weighted by molar-refractivity contribution is 6.05. The van der Waals surface area contributed by atoms with E-state index in [0.29, 0.717) is 42.9 Å². The van der Waals surface area contributed by atoms with Crippen LogP contribution in [0.5, 0.6) is 11.5 Å². The van der Waals surface area contributed by atoms with Crippen molar-refractivity contribution in [3.8, 4) is 11.5 Å². The number of hydrazone groups is 1. The van der Waals surface area contributed by atoms with Crippen LogP contribution >= 0.6 is 0 Å². The predicted molar refractivity (Wildman–Crippen MR) is 101 cm³/mol. The molecule has 27 heavy (non-hydrogen) atoms. The maximum Gasteiger partial charge on any atom is 0.273 e. The minimum Gasteiger partial charge on any atom is -0.493 e. The number of rotatable bonds is 4. The topological polar surface area (TPSA) is 68.2 Å². The van der Waals surface area contributed by atoms with E-state index in [4.69, 9.17) is 9.47 Å². The monoisotopic (exact) mass is 364 g/mol. The van der Waals surface area contributed by atoms with Crippen molar-refractivity contribution in [2.45, 2.75) is 19.3 Å². The summed E-state index contributed by atoms with van der Waals surface area (Å²) in [5, 5.41) is 6.00. The van der Waals surface area contributed by atoms with E-state index in [9.17, 15) is 9.59 Å². The average Bonchev–Trinajstić information content (AvgIpc) is 3.32. The lowest BCUT2D eigenvalue weighted by molar-refractivity contribution is -0.117. The molecule has 0 N–H and O–H groups in total. The van der Waals surface area contributed by atoms with Gasteiger partial charge in [0.05, 0.1) is 26.5 Å². The van der Waals surface area contributed by atoms with Gasteiger partial charge in [0, 0.05) is 30.4 Å². The molecule has 2 aromatic rings. The Labute approximate surface area is 157 Å². The number of fused-ring (bicyclic) bond motifs is 1. The van der Waals surface area contributed by atoms with Crippen LogP contribution in [0.3, 0.4) is 0 Å². The van der Waals surface area contributed by atoms with Gasteiger partial charge in [-0.05, 0) is 41.5 Å². The molecule has 1 aliphatic carbocycles. The van der Waals surface area contributed by atoms with Crippen molar-refractivity contribution in [1.82, 2.24) is 5.01 Å². The van der Waals surface area contributed by atoms with Crippen LogP contribution in [0.4, 0.5) is 0 Å². The smallest absolute Gasteiger partial charge is 0.273 e. The lowest BCUT2D eigenvalue weighted by Gasteiger charge is -2.12. The van der Waals surface area contributed by atoms with Crippen molar-refractivity contribution in [1.29, 1.82) is 0 Å². The summed E-state index contributed by atoms with van der Waals surface area (Å²) in [6.07, 6.45) is 1.55. The molecule has 2 aromatic carbocycles. The molecule has 1 heterocycles. The van der Waals surface area contributed by atoms with Gasteiger partial charge in [0.25, 0.3) is 5.91 Å². The summed E-state index contributed by atoms with van der Waals surface area (Å²) in [6.45, 7) is 0.526. The summed E-state index contributed by atoms with van der Waals surface area (Å²) in [4.78, 5) is 24.4. The van der Waals surface area contributed by atoms with E-state index >= 15 is 0 Å². The SMILES string of the molecule is COc1ccc(C2=NN(C(=O)c3ccc4c(c3)CC(=O)C4)CC2)cc1OC. The normalized spacial score (nSPS) is 15.6. The van der Waals surface area contributed by atoms with E-state index in [1.54, 1.807) is 20.3 Å². The molecule has 1 aliphatic heterocycles. The number of hydrogen-bond acceptors (Lipinski definition) is 5. The van der Waals surface area contributed by atoms with Gasteiger partial charge in [-0.25, -0.2) is 5.01 Å². The number of amides is 1. The van der Waals surface area contributed by atoms with E-state index in [-0.39, 0.29) is 11.7 Å². The van der Waals surface area contributed by atoms with Crippen LogP contribution in [-0.4, -0.2) is 43.2 Å². The Morgan fingerprint density at radius 3 is 2.56 bits per heavy atom. The Hall–Kier alpha value is -3.15. The molecule has 1 amide bonds. The lowest BCUT2D eigenvalue weighted by atomic mass is 10.1. The van der Waals surface area contributed by atoms with E-state index in [1.807, 2.05) is 30.3 Å². The van der Waals surface area contributed by atoms with Gasteiger partial charge in [0.2, 0.25) is 0 Å². The molecule has 0 bridgehead atoms. The van der Waals surface area contributed by atoms with Crippen molar-refractivity contribution in [3.63, 3.8) is 0 Å². The molecule has 0 aromatic heterocycles. The molecule has 0 radical (unpaired) electrons. The van der Waals surface area contributed by atoms with Gasteiger partial charge in [-0.1, -0.05) is 6.07 Å². The fourth-order valence-electron chi connectivity index (χ4n) is 3.55. The third kappa shape index (κ3) is 3.18. The van der Waals surface area contributed by atoms with Crippen LogP contribution in [0, 0.1) is 0 Å². The summed E-state index contributed by atoms with van der Waals surface area (Å²) in [5.74, 6) is 1.34. The van der Waals surface area contributed by atoms with Gasteiger partial charge in [-0.15, -0.1) is 0 Å². The minimum absolute atomic E-state index is 0.146. The van der Waals surface area contributed by atoms with E-state index in [0.717, 1.165) is 22.4 Å². The molecule has 6 heteroatoms. The summed E-state index contributed by atoms with van der Waals surface area (Å²) in [7, 11) is 3.18. The third-order valence-electron chi connectivity index (χ3n) is 4.98. The second kappa shape index (κ2) is 6.87. The van der Waals surface area contributed by atoms with E-state index in [2.05, 4.69) is 5.10 Å². The fraction of sp³-hybridized carbons (Fsp3) is 0.286. The van der Waals surface area contributed by atoms with Crippen molar-refractivity contribution >= 4 is 17.4 Å². The van der Waals surface area contributed by atoms with E-state index < -0.39 is 0 Å². The highest BCUT2D eigenvalue weighted by atomic mass is 16.5. The third-order valence-corrected chi connectivity index (χ3v) is 4.98. The second-order valence-electron chi connectivity index (χ2n) is 6.67. The largest absolute Gasteiger partial charge is 0.493 e. The van der Waals surface area contributed by atoms with Crippen LogP contribution in [-0.2, 0) is 17.6 Å². The molecule has 4 rings (SSSR count). The van der Waals surface area contributed by atoms with Crippen molar-refractivity contribution < 1.29 is 19.1 Å². The first-order chi connectivity index (χ1) is 13.1. The van der Waals surface area contributed by atoms with Gasteiger partial charge in [-0.2, -0.15) is 5.10 Å². The molecule has 2 aliphatic rings. The molecule has 0 fully saturated rings. The zero-order chi connectivity index (χ0) is 19.0. The van der Waals surface area contributed by atoms with Gasteiger partial charge in [0.15, 0.2) is 11.5 Å². The highest BCUT2D eigenvalue weighted by Crippen LogP contribution is 2.29. The molecular formula is C21H20N2O4. The Bertz CT molecular complexity index is 965. The van der Waals surface area contributed by atoms with Gasteiger partial charge in [-0.3, -0.25) is 9.59 Å². The summed E-state index contributed by atoms with van der Waals surface area (Å²) < 4.78 is 10.6. The van der Waals surface area contributed by atoms with Crippen molar-refractivity contribution in [2.24, 2.45) is 5.10 Å². The molecular weight excluding hydrogens is 344 g/mol. The Balaban J connectivity index is 1.56. The second-order valence-corrected chi connectivity index (χ2v) is 6.67. The first-order valence-corrected chi connectivity index (χ1v) is 8.84. The highest BCUT2D eigenvalue weighted by Gasteiger charge is 2.25. The summed E-state index contributed by atoms with van der Waals surface area (Å²) in [5.41, 5.74) is 4.28. The first kappa shape index (κ1) is 17.3. The van der Waals surface area contributed by atoms with Crippen molar-refractivity contribution in [3.05, 3.63) is 58.7 Å². The molecule has 0 saturated heterocycles. The number of benzene rings is 2. The van der Waals surface area contributed by atoms with Crippen molar-refractivity contribution in [2.75, 3.05) is 20.8 Å². The van der Waals surface area contributed by atoms with Gasteiger partial charge in [0.1, 0.15) is 5.78 Å². The number of ketones is 1. The number of methoxy groups -OCH3 is 2. The Morgan fingerprint density at radius 2 is 1.78 bits per heavy atom. The predicted octanol–water partition coefficient (Wildman–Crippen LogP) is 2.62. The van der Waals surface area contributed by atoms with Crippen LogP contribution in [0.15, 0.2) is 41.5 Å². The summed E-state index contributed by atoms with van der Waals surface area (Å²) >= 11 is 0. The van der Waals surface area contributed by atoms with Crippen LogP contribution in [0.1, 0.15) is 33.5 Å². The average molecular weight is 364 g/mol. The fourth-order valence-corrected chi connectivity index (χ4v) is 3.55. The number of ether oxygens (including phenoxy) is 2. The van der Waals surface area contributed by atoms with Gasteiger partial charge < -0.3 is 9.47 Å². The lowest BCUT2D eigenvalue weighted by Crippen LogP contribution is -2.23. The first-order valence-electron chi connectivity index (χ1n) is 8.84. The van der Waals surface area contributed by atoms with Crippen LogP contribution in [0.2, 0.25) is 0 Å². The standard InChI is InChI=1S/C21H20N2O4/c1-26-19-6-5-14(12-20(19)27-2)18-7-8-23(22-18)21(25)15-4-3-13-10-17(24)11-16(13)9-15/h3-6,9,12H,7-8,10-11H2,1-2H3. The number of hydrogen-bond donors (Lipinski definition) is 0. The molecule has 0 saturated carbocycles. The molecule has 6 nitrogen and oxygen atoms in total. The van der Waals surface area contributed by atoms with Gasteiger partial charge >= 0.3 is 0 Å². The zero-order valence-corrected chi connectivity index (χ0v) is 15.3. The molecule has 138 valence electrons. The van der Waals surface area contributed by atoms with E-state index in [1.165, 1.54) is 5.01 Å². The summed E-state index contributed by atoms with van der Waals surface area (Å²) in [6, 6.07) is 11.1. The Morgan fingerprint density at radius 1 is 1.00 bits per heavy atom. The number of nitrogens with zero attached hydrogens (tertiary/aromatic N) is 2. The molecule has 0 spiro atoms. The Kier molecular flexibility index (Phi) is 4.39. The molecule has 0 unspecified atom stereocenters. The number of carbonyl (C=O) groups is 2. The zero-order valence-electron chi connectivity index (χ0n) is 15.3. The van der Waals surface area contributed by atoms with Crippen LogP contribution in [0.25, 0.3) is 0 Å². The number of carbonyl (C=O) groups excluding carboxylic acids is 2. The minimum atomic E-state index is -0.146. The molecule has 0 atom stereocenters. The maximum absolute atomic E-state index is 12.8.